The summed E-state index contributed by atoms with van der Waals surface area (Å²) < 4.78 is 44.0. The molecule has 1 N–H and O–H groups in total. The Bertz CT molecular complexity index is 1600. The second-order valence-corrected chi connectivity index (χ2v) is 9.95. The zero-order valence-corrected chi connectivity index (χ0v) is 21.6. The highest BCUT2D eigenvalue weighted by molar-refractivity contribution is 5.96. The molecule has 5 rings (SSSR count). The van der Waals surface area contributed by atoms with Crippen LogP contribution in [0.25, 0.3) is 33.4 Å². The van der Waals surface area contributed by atoms with E-state index >= 15 is 0 Å². The molecule has 0 saturated heterocycles. The largest absolute Gasteiger partial charge is 0.459 e. The number of aromatic nitrogens is 1. The number of furan rings is 1. The number of amides is 1. The average molecular weight is 529 g/mol. The summed E-state index contributed by atoms with van der Waals surface area (Å²) in [7, 11) is 0. The number of pyridine rings is 1. The molecule has 0 radical (unpaired) electrons. The van der Waals surface area contributed by atoms with Crippen LogP contribution < -0.4 is 10.1 Å². The topological polar surface area (TPSA) is 73.6 Å². The van der Waals surface area contributed by atoms with Gasteiger partial charge < -0.3 is 19.2 Å². The van der Waals surface area contributed by atoms with Gasteiger partial charge in [-0.2, -0.15) is 0 Å². The summed E-state index contributed by atoms with van der Waals surface area (Å²) in [5, 5.41) is 3.50. The number of rotatable bonds is 6. The Kier molecular flexibility index (Phi) is 7.02. The number of fused-ring (bicyclic) bond motifs is 1. The summed E-state index contributed by atoms with van der Waals surface area (Å²) in [6.07, 6.45) is 1.04. The number of carbonyl (C=O) groups is 1. The molecule has 0 bridgehead atoms. The van der Waals surface area contributed by atoms with Crippen molar-refractivity contribution in [3.05, 3.63) is 102 Å². The van der Waals surface area contributed by atoms with E-state index in [2.05, 4.69) is 10.3 Å². The van der Waals surface area contributed by atoms with Crippen LogP contribution in [0.15, 0.2) is 89.5 Å². The van der Waals surface area contributed by atoms with Crippen LogP contribution in [0.2, 0.25) is 0 Å². The molecule has 0 aliphatic rings. The van der Waals surface area contributed by atoms with Crippen molar-refractivity contribution in [1.82, 2.24) is 10.3 Å². The number of hydrogen-bond acceptors (Lipinski definition) is 5. The molecule has 3 aromatic carbocycles. The zero-order chi connectivity index (χ0) is 27.6. The molecule has 198 valence electrons. The number of alkyl carbamates (subject to hydrolysis) is 1. The molecule has 0 fully saturated rings. The fourth-order valence-corrected chi connectivity index (χ4v) is 4.01. The fourth-order valence-electron chi connectivity index (χ4n) is 4.01. The number of benzene rings is 3. The lowest BCUT2D eigenvalue weighted by atomic mass is 9.98. The molecular weight excluding hydrogens is 502 g/mol. The number of hydrogen-bond donors (Lipinski definition) is 1. The number of nitrogens with one attached hydrogen (secondary N) is 1. The van der Waals surface area contributed by atoms with E-state index in [-0.39, 0.29) is 18.2 Å². The normalized spacial score (nSPS) is 11.4. The van der Waals surface area contributed by atoms with E-state index in [9.17, 15) is 13.6 Å². The first-order valence-electron chi connectivity index (χ1n) is 12.3. The molecule has 2 aromatic heterocycles. The molecule has 0 atom stereocenters. The maximum absolute atomic E-state index is 13.7. The van der Waals surface area contributed by atoms with Gasteiger partial charge in [-0.05, 0) is 93.1 Å². The molecule has 1 amide bonds. The number of nitrogens with zero attached hydrogens (tertiary/aromatic N) is 1. The summed E-state index contributed by atoms with van der Waals surface area (Å²) >= 11 is 0. The van der Waals surface area contributed by atoms with E-state index in [1.165, 1.54) is 24.3 Å². The molecule has 0 spiro atoms. The standard InChI is InChI=1S/C31H26F2N2O4/c1-31(2,3)39-30(36)35-18-26-15-21-14-20(16-27(29(21)38-26)19-4-6-22(32)7-5-19)28-13-12-25(17-34-28)37-24-10-8-23(33)9-11-24/h4-17H,18H2,1-3H3,(H,35,36). The summed E-state index contributed by atoms with van der Waals surface area (Å²) in [6.45, 7) is 5.51. The molecule has 39 heavy (non-hydrogen) atoms. The van der Waals surface area contributed by atoms with E-state index in [0.717, 1.165) is 22.1 Å². The molecule has 0 saturated carbocycles. The number of carbonyl (C=O) groups excluding carboxylic acids is 1. The Balaban J connectivity index is 1.46. The summed E-state index contributed by atoms with van der Waals surface area (Å²) in [5.74, 6) is 0.853. The van der Waals surface area contributed by atoms with Gasteiger partial charge in [-0.1, -0.05) is 12.1 Å². The number of halogens is 2. The molecule has 2 heterocycles. The maximum atomic E-state index is 13.7. The van der Waals surface area contributed by atoms with Gasteiger partial charge in [0.05, 0.1) is 18.4 Å². The van der Waals surface area contributed by atoms with Gasteiger partial charge in [0.15, 0.2) is 0 Å². The summed E-state index contributed by atoms with van der Waals surface area (Å²) in [5.41, 5.74) is 2.99. The van der Waals surface area contributed by atoms with Crippen LogP contribution in [-0.2, 0) is 11.3 Å². The van der Waals surface area contributed by atoms with Crippen LogP contribution in [0.1, 0.15) is 26.5 Å². The first-order valence-corrected chi connectivity index (χ1v) is 12.3. The van der Waals surface area contributed by atoms with Gasteiger partial charge in [0.1, 0.15) is 40.1 Å². The lowest BCUT2D eigenvalue weighted by Gasteiger charge is -2.19. The van der Waals surface area contributed by atoms with Crippen molar-refractivity contribution in [3.63, 3.8) is 0 Å². The predicted molar refractivity (Wildman–Crippen MR) is 144 cm³/mol. The molecule has 0 aliphatic heterocycles. The average Bonchev–Trinajstić information content (AvgIpc) is 3.31. The third-order valence-corrected chi connectivity index (χ3v) is 5.71. The molecule has 8 heteroatoms. The van der Waals surface area contributed by atoms with Crippen LogP contribution in [-0.4, -0.2) is 16.7 Å². The Labute approximate surface area is 224 Å². The Morgan fingerprint density at radius 1 is 0.872 bits per heavy atom. The zero-order valence-electron chi connectivity index (χ0n) is 21.6. The first-order chi connectivity index (χ1) is 18.6. The van der Waals surface area contributed by atoms with Crippen molar-refractivity contribution in [2.75, 3.05) is 0 Å². The summed E-state index contributed by atoms with van der Waals surface area (Å²) in [4.78, 5) is 16.7. The van der Waals surface area contributed by atoms with Crippen molar-refractivity contribution in [3.8, 4) is 33.9 Å². The van der Waals surface area contributed by atoms with Crippen LogP contribution in [0.4, 0.5) is 13.6 Å². The monoisotopic (exact) mass is 528 g/mol. The molecule has 6 nitrogen and oxygen atoms in total. The summed E-state index contributed by atoms with van der Waals surface area (Å²) in [6, 6.07) is 21.2. The second-order valence-electron chi connectivity index (χ2n) is 9.95. The fraction of sp³-hybridized carbons (Fsp3) is 0.161. The van der Waals surface area contributed by atoms with Crippen LogP contribution in [0.3, 0.4) is 0 Å². The Morgan fingerprint density at radius 3 is 2.18 bits per heavy atom. The van der Waals surface area contributed by atoms with Gasteiger partial charge in [-0.15, -0.1) is 0 Å². The highest BCUT2D eigenvalue weighted by Gasteiger charge is 2.18. The van der Waals surface area contributed by atoms with Crippen molar-refractivity contribution in [1.29, 1.82) is 0 Å². The molecule has 5 aromatic rings. The van der Waals surface area contributed by atoms with Crippen LogP contribution >= 0.6 is 0 Å². The van der Waals surface area contributed by atoms with Gasteiger partial charge >= 0.3 is 6.09 Å². The molecule has 0 unspecified atom stereocenters. The highest BCUT2D eigenvalue weighted by Crippen LogP contribution is 2.36. The lowest BCUT2D eigenvalue weighted by Crippen LogP contribution is -2.32. The van der Waals surface area contributed by atoms with E-state index in [1.807, 2.05) is 24.3 Å². The Hall–Kier alpha value is -4.72. The molecular formula is C31H26F2N2O4. The van der Waals surface area contributed by atoms with E-state index in [1.54, 1.807) is 57.3 Å². The van der Waals surface area contributed by atoms with Crippen molar-refractivity contribution < 1.29 is 27.5 Å². The van der Waals surface area contributed by atoms with Gasteiger partial charge in [-0.3, -0.25) is 4.98 Å². The van der Waals surface area contributed by atoms with Crippen molar-refractivity contribution in [2.24, 2.45) is 0 Å². The third-order valence-electron chi connectivity index (χ3n) is 5.71. The van der Waals surface area contributed by atoms with Crippen LogP contribution in [0, 0.1) is 11.6 Å². The van der Waals surface area contributed by atoms with E-state index < -0.39 is 11.7 Å². The van der Waals surface area contributed by atoms with Gasteiger partial charge in [0.25, 0.3) is 0 Å². The smallest absolute Gasteiger partial charge is 0.408 e. The van der Waals surface area contributed by atoms with Gasteiger partial charge in [0, 0.05) is 16.5 Å². The number of ether oxygens (including phenoxy) is 2. The van der Waals surface area contributed by atoms with E-state index in [0.29, 0.717) is 28.5 Å². The minimum absolute atomic E-state index is 0.134. The SMILES string of the molecule is CC(C)(C)OC(=O)NCc1cc2cc(-c3ccc(Oc4ccc(F)cc4)cn3)cc(-c3ccc(F)cc3)c2o1. The maximum Gasteiger partial charge on any atom is 0.408 e. The second kappa shape index (κ2) is 10.6. The molecule has 0 aliphatic carbocycles. The minimum atomic E-state index is -0.616. The minimum Gasteiger partial charge on any atom is -0.459 e. The van der Waals surface area contributed by atoms with Gasteiger partial charge in [-0.25, -0.2) is 13.6 Å². The first kappa shape index (κ1) is 25.9. The van der Waals surface area contributed by atoms with Gasteiger partial charge in [0.2, 0.25) is 0 Å². The van der Waals surface area contributed by atoms with E-state index in [4.69, 9.17) is 13.9 Å². The van der Waals surface area contributed by atoms with Crippen molar-refractivity contribution >= 4 is 17.1 Å². The van der Waals surface area contributed by atoms with Crippen molar-refractivity contribution in [2.45, 2.75) is 32.9 Å². The van der Waals surface area contributed by atoms with Crippen LogP contribution in [0.5, 0.6) is 11.5 Å². The quantitative estimate of drug-likeness (QED) is 0.240. The third kappa shape index (κ3) is 6.41. The lowest BCUT2D eigenvalue weighted by molar-refractivity contribution is 0.0520. The predicted octanol–water partition coefficient (Wildman–Crippen LogP) is 8.26. The highest BCUT2D eigenvalue weighted by atomic mass is 19.1. The Morgan fingerprint density at radius 2 is 1.54 bits per heavy atom.